The van der Waals surface area contributed by atoms with Crippen molar-refractivity contribution < 1.29 is 4.79 Å². The third-order valence-corrected chi connectivity index (χ3v) is 4.96. The van der Waals surface area contributed by atoms with E-state index in [4.69, 9.17) is 5.26 Å². The van der Waals surface area contributed by atoms with Crippen LogP contribution in [0.4, 0.5) is 5.69 Å². The minimum Gasteiger partial charge on any atom is -0.325 e. The Balaban J connectivity index is 1.71. The molecule has 1 atom stereocenters. The Morgan fingerprint density at radius 1 is 1.09 bits per heavy atom. The molecule has 2 aromatic rings. The Morgan fingerprint density at radius 2 is 1.87 bits per heavy atom. The van der Waals surface area contributed by atoms with E-state index < -0.39 is 0 Å². The van der Waals surface area contributed by atoms with Gasteiger partial charge in [0.2, 0.25) is 5.91 Å². The van der Waals surface area contributed by atoms with Gasteiger partial charge in [0, 0.05) is 12.2 Å². The van der Waals surface area contributed by atoms with Crippen molar-refractivity contribution in [1.29, 1.82) is 5.26 Å². The minimum atomic E-state index is -0.295. The number of carbonyl (C=O) groups excluding carboxylic acids is 1. The number of benzene rings is 2. The van der Waals surface area contributed by atoms with Gasteiger partial charge < -0.3 is 10.6 Å². The molecule has 0 bridgehead atoms. The maximum absolute atomic E-state index is 12.4. The van der Waals surface area contributed by atoms with Gasteiger partial charge >= 0.3 is 0 Å². The summed E-state index contributed by atoms with van der Waals surface area (Å²) in [6.07, 6.45) is 1.67. The first-order valence-electron chi connectivity index (χ1n) is 7.86. The fourth-order valence-corrected chi connectivity index (χ4v) is 3.57. The van der Waals surface area contributed by atoms with Crippen molar-refractivity contribution in [3.8, 4) is 17.2 Å². The lowest BCUT2D eigenvalue weighted by molar-refractivity contribution is -0.125. The number of nitrogens with zero attached hydrogens (tertiary/aromatic N) is 1. The van der Waals surface area contributed by atoms with Gasteiger partial charge in [0.25, 0.3) is 0 Å². The number of amides is 1. The first-order valence-corrected chi connectivity index (χ1v) is 7.86. The number of nitrogens with one attached hydrogen (secondary N) is 2. The fraction of sp³-hybridized carbons (Fsp3) is 0.263. The first-order chi connectivity index (χ1) is 11.2. The van der Waals surface area contributed by atoms with E-state index in [1.165, 1.54) is 5.56 Å². The molecule has 0 radical (unpaired) electrons. The average Bonchev–Trinajstić information content (AvgIpc) is 3.05. The van der Waals surface area contributed by atoms with Crippen molar-refractivity contribution >= 4 is 11.6 Å². The molecule has 2 N–H and O–H groups in total. The van der Waals surface area contributed by atoms with Crippen LogP contribution in [0.2, 0.25) is 0 Å². The number of hydrogen-bond acceptors (Lipinski definition) is 3. The highest BCUT2D eigenvalue weighted by molar-refractivity contribution is 5.99. The lowest BCUT2D eigenvalue weighted by atomic mass is 9.76. The monoisotopic (exact) mass is 303 g/mol. The summed E-state index contributed by atoms with van der Waals surface area (Å²) in [6.45, 7) is 1.65. The summed E-state index contributed by atoms with van der Waals surface area (Å²) in [6, 6.07) is 15.9. The second-order valence-electron chi connectivity index (χ2n) is 6.40. The Kier molecular flexibility index (Phi) is 3.17. The highest BCUT2D eigenvalue weighted by Crippen LogP contribution is 2.39. The van der Waals surface area contributed by atoms with Crippen molar-refractivity contribution in [2.24, 2.45) is 5.41 Å². The van der Waals surface area contributed by atoms with Gasteiger partial charge in [-0.2, -0.15) is 5.26 Å². The van der Waals surface area contributed by atoms with E-state index in [-0.39, 0.29) is 11.3 Å². The summed E-state index contributed by atoms with van der Waals surface area (Å²) in [5, 5.41) is 15.3. The van der Waals surface area contributed by atoms with Gasteiger partial charge in [0.15, 0.2) is 0 Å². The van der Waals surface area contributed by atoms with Crippen molar-refractivity contribution in [3.63, 3.8) is 0 Å². The third-order valence-electron chi connectivity index (χ3n) is 4.96. The molecule has 4 rings (SSSR count). The van der Waals surface area contributed by atoms with Gasteiger partial charge in [-0.15, -0.1) is 0 Å². The topological polar surface area (TPSA) is 64.9 Å². The molecule has 4 heteroatoms. The summed E-state index contributed by atoms with van der Waals surface area (Å²) in [5.41, 5.74) is 4.68. The highest BCUT2D eigenvalue weighted by atomic mass is 16.2. The standard InChI is InChI=1S/C19H17N3O/c20-11-13-1-3-14(4-2-13)15-5-6-17-16(9-15)10-19(18(23)22-17)7-8-21-12-19/h1-6,9,21H,7-8,10,12H2,(H,22,23). The summed E-state index contributed by atoms with van der Waals surface area (Å²) in [4.78, 5) is 12.4. The van der Waals surface area contributed by atoms with Gasteiger partial charge in [-0.25, -0.2) is 0 Å². The van der Waals surface area contributed by atoms with Crippen LogP contribution in [0.25, 0.3) is 11.1 Å². The average molecular weight is 303 g/mol. The second-order valence-corrected chi connectivity index (χ2v) is 6.40. The molecule has 1 saturated heterocycles. The molecule has 1 amide bonds. The van der Waals surface area contributed by atoms with Crippen LogP contribution >= 0.6 is 0 Å². The molecule has 114 valence electrons. The molecular formula is C19H17N3O. The minimum absolute atomic E-state index is 0.140. The van der Waals surface area contributed by atoms with Crippen LogP contribution < -0.4 is 10.6 Å². The van der Waals surface area contributed by atoms with Crippen LogP contribution in [-0.4, -0.2) is 19.0 Å². The van der Waals surface area contributed by atoms with Crippen LogP contribution in [0.1, 0.15) is 17.5 Å². The predicted octanol–water partition coefficient (Wildman–Crippen LogP) is 2.70. The summed E-state index contributed by atoms with van der Waals surface area (Å²) in [5.74, 6) is 0.140. The number of anilines is 1. The van der Waals surface area contributed by atoms with Gasteiger partial charge in [0.05, 0.1) is 17.0 Å². The highest BCUT2D eigenvalue weighted by Gasteiger charge is 2.44. The molecule has 0 saturated carbocycles. The molecule has 2 heterocycles. The SMILES string of the molecule is N#Cc1ccc(-c2ccc3c(c2)CC2(CCNC2)C(=O)N3)cc1. The lowest BCUT2D eigenvalue weighted by Gasteiger charge is -2.33. The Bertz CT molecular complexity index is 811. The molecule has 1 unspecified atom stereocenters. The van der Waals surface area contributed by atoms with Gasteiger partial charge in [0.1, 0.15) is 0 Å². The summed E-state index contributed by atoms with van der Waals surface area (Å²) in [7, 11) is 0. The maximum Gasteiger partial charge on any atom is 0.232 e. The largest absolute Gasteiger partial charge is 0.325 e. The number of fused-ring (bicyclic) bond motifs is 1. The van der Waals surface area contributed by atoms with Crippen molar-refractivity contribution in [1.82, 2.24) is 5.32 Å². The Morgan fingerprint density at radius 3 is 2.57 bits per heavy atom. The molecule has 23 heavy (non-hydrogen) atoms. The molecule has 1 spiro atoms. The van der Waals surface area contributed by atoms with Gasteiger partial charge in [-0.05, 0) is 60.3 Å². The molecule has 2 aromatic carbocycles. The molecule has 2 aliphatic heterocycles. The molecule has 4 nitrogen and oxygen atoms in total. The van der Waals surface area contributed by atoms with Crippen molar-refractivity contribution in [2.75, 3.05) is 18.4 Å². The van der Waals surface area contributed by atoms with Gasteiger partial charge in [-0.3, -0.25) is 4.79 Å². The van der Waals surface area contributed by atoms with Crippen LogP contribution in [0.5, 0.6) is 0 Å². The van der Waals surface area contributed by atoms with E-state index in [0.717, 1.165) is 42.7 Å². The molecule has 2 aliphatic rings. The maximum atomic E-state index is 12.4. The number of hydrogen-bond donors (Lipinski definition) is 2. The van der Waals surface area contributed by atoms with Gasteiger partial charge in [-0.1, -0.05) is 18.2 Å². The Labute approximate surface area is 135 Å². The van der Waals surface area contributed by atoms with E-state index in [0.29, 0.717) is 5.56 Å². The van der Waals surface area contributed by atoms with Crippen LogP contribution in [0, 0.1) is 16.7 Å². The van der Waals surface area contributed by atoms with Crippen molar-refractivity contribution in [3.05, 3.63) is 53.6 Å². The molecule has 0 aromatic heterocycles. The van der Waals surface area contributed by atoms with E-state index in [1.807, 2.05) is 36.4 Å². The quantitative estimate of drug-likeness (QED) is 0.851. The number of nitriles is 1. The zero-order chi connectivity index (χ0) is 15.9. The lowest BCUT2D eigenvalue weighted by Crippen LogP contribution is -2.43. The molecular weight excluding hydrogens is 286 g/mol. The number of rotatable bonds is 1. The second kappa shape index (κ2) is 5.22. The summed E-state index contributed by atoms with van der Waals surface area (Å²) >= 11 is 0. The van der Waals surface area contributed by atoms with E-state index in [1.54, 1.807) is 0 Å². The molecule has 0 aliphatic carbocycles. The normalized spacial score (nSPS) is 22.5. The van der Waals surface area contributed by atoms with E-state index in [2.05, 4.69) is 22.8 Å². The molecule has 1 fully saturated rings. The smallest absolute Gasteiger partial charge is 0.232 e. The van der Waals surface area contributed by atoms with Crippen LogP contribution in [0.3, 0.4) is 0 Å². The van der Waals surface area contributed by atoms with E-state index >= 15 is 0 Å². The number of carbonyl (C=O) groups is 1. The van der Waals surface area contributed by atoms with Crippen LogP contribution in [0.15, 0.2) is 42.5 Å². The zero-order valence-electron chi connectivity index (χ0n) is 12.7. The zero-order valence-corrected chi connectivity index (χ0v) is 12.7. The van der Waals surface area contributed by atoms with Crippen molar-refractivity contribution in [2.45, 2.75) is 12.8 Å². The van der Waals surface area contributed by atoms with Crippen LogP contribution in [-0.2, 0) is 11.2 Å². The predicted molar refractivity (Wildman–Crippen MR) is 88.8 cm³/mol. The van der Waals surface area contributed by atoms with E-state index in [9.17, 15) is 4.79 Å². The first kappa shape index (κ1) is 14.0. The summed E-state index contributed by atoms with van der Waals surface area (Å²) < 4.78 is 0. The Hall–Kier alpha value is -2.64. The fourth-order valence-electron chi connectivity index (χ4n) is 3.57. The third kappa shape index (κ3) is 2.30.